The predicted molar refractivity (Wildman–Crippen MR) is 93.1 cm³/mol. The minimum absolute atomic E-state index is 0.146. The van der Waals surface area contributed by atoms with Gasteiger partial charge in [-0.25, -0.2) is 9.37 Å². The van der Waals surface area contributed by atoms with Crippen LogP contribution in [0.25, 0.3) is 9.88 Å². The van der Waals surface area contributed by atoms with Gasteiger partial charge in [0, 0.05) is 23.7 Å². The first-order chi connectivity index (χ1) is 11.1. The van der Waals surface area contributed by atoms with Crippen LogP contribution in [-0.4, -0.2) is 16.1 Å². The number of aliphatic hydroxyl groups excluding tert-OH is 1. The van der Waals surface area contributed by atoms with E-state index in [1.54, 1.807) is 34.8 Å². The predicted octanol–water partition coefficient (Wildman–Crippen LogP) is 4.22. The molecule has 0 aliphatic rings. The first kappa shape index (κ1) is 16.3. The molecule has 2 atom stereocenters. The van der Waals surface area contributed by atoms with Gasteiger partial charge in [-0.05, 0) is 36.1 Å². The number of halogens is 1. The van der Waals surface area contributed by atoms with Crippen molar-refractivity contribution in [1.82, 2.24) is 10.3 Å². The molecule has 0 amide bonds. The summed E-state index contributed by atoms with van der Waals surface area (Å²) < 4.78 is 12.9. The van der Waals surface area contributed by atoms with E-state index in [9.17, 15) is 9.50 Å². The Morgan fingerprint density at radius 2 is 2.04 bits per heavy atom. The number of nitrogens with zero attached hydrogens (tertiary/aromatic N) is 1. The van der Waals surface area contributed by atoms with Gasteiger partial charge in [-0.2, -0.15) is 0 Å². The Hall–Kier alpha value is -1.60. The summed E-state index contributed by atoms with van der Waals surface area (Å²) in [6.45, 7) is 2.55. The summed E-state index contributed by atoms with van der Waals surface area (Å²) in [7, 11) is 0. The number of hydrogen-bond acceptors (Lipinski definition) is 5. The van der Waals surface area contributed by atoms with Crippen molar-refractivity contribution in [3.63, 3.8) is 0 Å². The second-order valence-corrected chi connectivity index (χ2v) is 7.34. The Morgan fingerprint density at radius 1 is 1.26 bits per heavy atom. The van der Waals surface area contributed by atoms with Crippen molar-refractivity contribution in [2.24, 2.45) is 0 Å². The van der Waals surface area contributed by atoms with E-state index in [2.05, 4.69) is 16.4 Å². The summed E-state index contributed by atoms with van der Waals surface area (Å²) in [6.07, 6.45) is 1.18. The largest absolute Gasteiger partial charge is 0.387 e. The molecule has 23 heavy (non-hydrogen) atoms. The van der Waals surface area contributed by atoms with Crippen LogP contribution in [-0.2, 0) is 6.54 Å². The van der Waals surface area contributed by atoms with Gasteiger partial charge in [0.2, 0.25) is 0 Å². The molecule has 3 aromatic rings. The highest BCUT2D eigenvalue weighted by atomic mass is 32.1. The third-order valence-corrected chi connectivity index (χ3v) is 5.61. The summed E-state index contributed by atoms with van der Waals surface area (Å²) in [5.74, 6) is -0.299. The van der Waals surface area contributed by atoms with Crippen LogP contribution < -0.4 is 5.32 Å². The van der Waals surface area contributed by atoms with Gasteiger partial charge in [0.1, 0.15) is 10.8 Å². The number of thiophene rings is 1. The van der Waals surface area contributed by atoms with E-state index in [4.69, 9.17) is 0 Å². The van der Waals surface area contributed by atoms with Gasteiger partial charge in [0.15, 0.2) is 0 Å². The molecule has 0 aliphatic heterocycles. The molecule has 2 aromatic heterocycles. The van der Waals surface area contributed by atoms with Crippen molar-refractivity contribution < 1.29 is 9.50 Å². The van der Waals surface area contributed by atoms with Gasteiger partial charge in [-0.15, -0.1) is 22.7 Å². The van der Waals surface area contributed by atoms with Crippen LogP contribution in [0.5, 0.6) is 0 Å². The molecule has 2 heterocycles. The molecule has 3 nitrogen and oxygen atoms in total. The van der Waals surface area contributed by atoms with Gasteiger partial charge >= 0.3 is 0 Å². The molecule has 0 bridgehead atoms. The molecule has 1 aromatic carbocycles. The number of rotatable bonds is 6. The van der Waals surface area contributed by atoms with Crippen molar-refractivity contribution in [2.75, 3.05) is 0 Å². The quantitative estimate of drug-likeness (QED) is 0.701. The lowest BCUT2D eigenvalue weighted by Crippen LogP contribution is -2.31. The molecule has 0 saturated carbocycles. The Balaban J connectivity index is 1.58. The maximum absolute atomic E-state index is 12.9. The fourth-order valence-electron chi connectivity index (χ4n) is 2.23. The molecule has 2 N–H and O–H groups in total. The lowest BCUT2D eigenvalue weighted by molar-refractivity contribution is 0.135. The SMILES string of the molecule is CC(NCc1cnc(-c2cccs2)s1)C(O)c1ccc(F)cc1. The fraction of sp³-hybridized carbons (Fsp3) is 0.235. The fourth-order valence-corrected chi connectivity index (χ4v) is 3.89. The maximum atomic E-state index is 12.9. The van der Waals surface area contributed by atoms with Crippen molar-refractivity contribution in [2.45, 2.75) is 25.6 Å². The van der Waals surface area contributed by atoms with E-state index in [1.807, 2.05) is 24.6 Å². The normalized spacial score (nSPS) is 13.9. The van der Waals surface area contributed by atoms with Crippen LogP contribution in [0.15, 0.2) is 48.0 Å². The van der Waals surface area contributed by atoms with Crippen LogP contribution >= 0.6 is 22.7 Å². The topological polar surface area (TPSA) is 45.2 Å². The Bertz CT molecular complexity index is 740. The van der Waals surface area contributed by atoms with Gasteiger partial charge in [0.05, 0.1) is 11.0 Å². The maximum Gasteiger partial charge on any atom is 0.133 e. The van der Waals surface area contributed by atoms with E-state index in [0.717, 1.165) is 9.88 Å². The van der Waals surface area contributed by atoms with Gasteiger partial charge in [-0.3, -0.25) is 0 Å². The molecule has 3 rings (SSSR count). The standard InChI is InChI=1S/C17H17FN2OS2/c1-11(16(21)12-4-6-13(18)7-5-12)19-9-14-10-20-17(23-14)15-3-2-8-22-15/h2-8,10-11,16,19,21H,9H2,1H3. The average molecular weight is 348 g/mol. The van der Waals surface area contributed by atoms with Gasteiger partial charge in [-0.1, -0.05) is 18.2 Å². The molecular weight excluding hydrogens is 331 g/mol. The average Bonchev–Trinajstić information content (AvgIpc) is 3.23. The van der Waals surface area contributed by atoms with Crippen LogP contribution in [0.4, 0.5) is 4.39 Å². The van der Waals surface area contributed by atoms with E-state index in [-0.39, 0.29) is 11.9 Å². The van der Waals surface area contributed by atoms with Gasteiger partial charge in [0.25, 0.3) is 0 Å². The molecule has 6 heteroatoms. The highest BCUT2D eigenvalue weighted by molar-refractivity contribution is 7.20. The highest BCUT2D eigenvalue weighted by Crippen LogP contribution is 2.29. The van der Waals surface area contributed by atoms with Crippen molar-refractivity contribution in [3.05, 3.63) is 64.2 Å². The number of thiazole rings is 1. The smallest absolute Gasteiger partial charge is 0.133 e. The van der Waals surface area contributed by atoms with Crippen LogP contribution in [0, 0.1) is 5.82 Å². The van der Waals surface area contributed by atoms with Crippen LogP contribution in [0.2, 0.25) is 0 Å². The minimum atomic E-state index is -0.680. The highest BCUT2D eigenvalue weighted by Gasteiger charge is 2.16. The Kier molecular flexibility index (Phi) is 5.17. The lowest BCUT2D eigenvalue weighted by atomic mass is 10.0. The minimum Gasteiger partial charge on any atom is -0.387 e. The molecule has 2 unspecified atom stereocenters. The van der Waals surface area contributed by atoms with Gasteiger partial charge < -0.3 is 10.4 Å². The Morgan fingerprint density at radius 3 is 2.74 bits per heavy atom. The molecule has 0 saturated heterocycles. The molecule has 0 spiro atoms. The van der Waals surface area contributed by atoms with Crippen molar-refractivity contribution >= 4 is 22.7 Å². The number of nitrogens with one attached hydrogen (secondary N) is 1. The van der Waals surface area contributed by atoms with Crippen molar-refractivity contribution in [1.29, 1.82) is 0 Å². The summed E-state index contributed by atoms with van der Waals surface area (Å²) in [6, 6.07) is 9.87. The zero-order valence-corrected chi connectivity index (χ0v) is 14.2. The first-order valence-electron chi connectivity index (χ1n) is 7.29. The zero-order chi connectivity index (χ0) is 16.2. The number of benzene rings is 1. The summed E-state index contributed by atoms with van der Waals surface area (Å²) in [5.41, 5.74) is 0.704. The second-order valence-electron chi connectivity index (χ2n) is 5.27. The molecular formula is C17H17FN2OS2. The van der Waals surface area contributed by atoms with Crippen LogP contribution in [0.1, 0.15) is 23.5 Å². The summed E-state index contributed by atoms with van der Waals surface area (Å²) in [5, 5.41) is 16.7. The number of aromatic nitrogens is 1. The number of hydrogen-bond donors (Lipinski definition) is 2. The van der Waals surface area contributed by atoms with E-state index < -0.39 is 6.10 Å². The third-order valence-electron chi connectivity index (χ3n) is 3.57. The van der Waals surface area contributed by atoms with E-state index >= 15 is 0 Å². The number of aliphatic hydroxyl groups is 1. The third kappa shape index (κ3) is 4.03. The summed E-state index contributed by atoms with van der Waals surface area (Å²) in [4.78, 5) is 6.72. The van der Waals surface area contributed by atoms with E-state index in [1.165, 1.54) is 17.0 Å². The molecule has 120 valence electrons. The summed E-state index contributed by atoms with van der Waals surface area (Å²) >= 11 is 3.32. The lowest BCUT2D eigenvalue weighted by Gasteiger charge is -2.20. The molecule has 0 radical (unpaired) electrons. The first-order valence-corrected chi connectivity index (χ1v) is 8.98. The molecule has 0 aliphatic carbocycles. The monoisotopic (exact) mass is 348 g/mol. The molecule has 0 fully saturated rings. The van der Waals surface area contributed by atoms with E-state index in [0.29, 0.717) is 12.1 Å². The Labute approximate surface area is 142 Å². The van der Waals surface area contributed by atoms with Crippen LogP contribution in [0.3, 0.4) is 0 Å². The van der Waals surface area contributed by atoms with Crippen molar-refractivity contribution in [3.8, 4) is 9.88 Å². The zero-order valence-electron chi connectivity index (χ0n) is 12.6. The second kappa shape index (κ2) is 7.31.